The fraction of sp³-hybridized carbons (Fsp3) is 0.231. The fourth-order valence-electron chi connectivity index (χ4n) is 4.32. The molecule has 1 saturated heterocycles. The van der Waals surface area contributed by atoms with Crippen LogP contribution in [0.1, 0.15) is 29.4 Å². The van der Waals surface area contributed by atoms with Gasteiger partial charge >= 0.3 is 5.97 Å². The number of cyclic esters (lactones) is 1. The summed E-state index contributed by atoms with van der Waals surface area (Å²) in [6.45, 7) is 0.400. The third kappa shape index (κ3) is 3.99. The van der Waals surface area contributed by atoms with E-state index in [0.717, 1.165) is 16.8 Å². The molecule has 3 atom stereocenters. The van der Waals surface area contributed by atoms with Crippen molar-refractivity contribution in [1.29, 1.82) is 0 Å². The summed E-state index contributed by atoms with van der Waals surface area (Å²) in [6, 6.07) is 29.2. The molecule has 1 aliphatic rings. The third-order valence-corrected chi connectivity index (χ3v) is 5.85. The Morgan fingerprint density at radius 3 is 1.93 bits per heavy atom. The Hall–Kier alpha value is -3.40. The second kappa shape index (κ2) is 8.95. The summed E-state index contributed by atoms with van der Waals surface area (Å²) in [7, 11) is 1.79. The van der Waals surface area contributed by atoms with Crippen LogP contribution in [0.25, 0.3) is 0 Å². The fourth-order valence-corrected chi connectivity index (χ4v) is 4.32. The SMILES string of the molecule is CN(C(=O)C(c1ccccc1)C(c1ccccc1)C1CCOC1=O)c1ccccc1. The van der Waals surface area contributed by atoms with E-state index in [4.69, 9.17) is 4.74 Å². The Labute approximate surface area is 177 Å². The molecule has 0 saturated carbocycles. The molecule has 3 aromatic carbocycles. The van der Waals surface area contributed by atoms with Crippen molar-refractivity contribution in [2.45, 2.75) is 18.3 Å². The van der Waals surface area contributed by atoms with Gasteiger partial charge in [0.2, 0.25) is 5.91 Å². The molecule has 3 unspecified atom stereocenters. The lowest BCUT2D eigenvalue weighted by molar-refractivity contribution is -0.142. The highest BCUT2D eigenvalue weighted by Crippen LogP contribution is 2.43. The van der Waals surface area contributed by atoms with Crippen molar-refractivity contribution in [1.82, 2.24) is 0 Å². The van der Waals surface area contributed by atoms with E-state index >= 15 is 0 Å². The smallest absolute Gasteiger partial charge is 0.309 e. The first-order chi connectivity index (χ1) is 14.7. The Kier molecular flexibility index (Phi) is 5.94. The highest BCUT2D eigenvalue weighted by atomic mass is 16.5. The number of anilines is 1. The largest absolute Gasteiger partial charge is 0.465 e. The molecular formula is C26H25NO3. The summed E-state index contributed by atoms with van der Waals surface area (Å²) < 4.78 is 5.31. The standard InChI is InChI=1S/C26H25NO3/c1-27(21-15-9-4-10-16-21)25(28)24(20-13-7-3-8-14-20)23(19-11-5-2-6-12-19)22-17-18-30-26(22)29/h2-16,22-24H,17-18H2,1H3. The van der Waals surface area contributed by atoms with Gasteiger partial charge in [0.1, 0.15) is 0 Å². The number of rotatable bonds is 6. The molecule has 0 bridgehead atoms. The Morgan fingerprint density at radius 2 is 1.40 bits per heavy atom. The minimum absolute atomic E-state index is 0.0408. The van der Waals surface area contributed by atoms with Gasteiger partial charge in [-0.1, -0.05) is 78.9 Å². The number of benzene rings is 3. The molecule has 4 nitrogen and oxygen atoms in total. The van der Waals surface area contributed by atoms with Gasteiger partial charge in [0, 0.05) is 18.7 Å². The van der Waals surface area contributed by atoms with Gasteiger partial charge in [0.25, 0.3) is 0 Å². The van der Waals surface area contributed by atoms with E-state index in [1.807, 2.05) is 91.0 Å². The number of esters is 1. The van der Waals surface area contributed by atoms with Crippen LogP contribution in [-0.4, -0.2) is 25.5 Å². The number of amides is 1. The Morgan fingerprint density at radius 1 is 0.867 bits per heavy atom. The minimum atomic E-state index is -0.505. The van der Waals surface area contributed by atoms with Crippen LogP contribution in [0.15, 0.2) is 91.0 Å². The second-order valence-electron chi connectivity index (χ2n) is 7.62. The summed E-state index contributed by atoms with van der Waals surface area (Å²) in [4.78, 5) is 28.2. The molecular weight excluding hydrogens is 374 g/mol. The maximum atomic E-state index is 13.9. The maximum absolute atomic E-state index is 13.9. The first-order valence-corrected chi connectivity index (χ1v) is 10.3. The van der Waals surface area contributed by atoms with E-state index in [1.165, 1.54) is 0 Å². The normalized spacial score (nSPS) is 17.8. The predicted octanol–water partition coefficient (Wildman–Crippen LogP) is 4.78. The van der Waals surface area contributed by atoms with Crippen molar-refractivity contribution in [3.63, 3.8) is 0 Å². The summed E-state index contributed by atoms with van der Waals surface area (Å²) in [5.74, 6) is -1.43. The van der Waals surface area contributed by atoms with Gasteiger partial charge in [0.05, 0.1) is 18.4 Å². The van der Waals surface area contributed by atoms with Gasteiger partial charge in [-0.3, -0.25) is 9.59 Å². The zero-order valence-corrected chi connectivity index (χ0v) is 17.0. The van der Waals surface area contributed by atoms with Crippen molar-refractivity contribution < 1.29 is 14.3 Å². The highest BCUT2D eigenvalue weighted by molar-refractivity contribution is 5.99. The van der Waals surface area contributed by atoms with Crippen LogP contribution in [0, 0.1) is 5.92 Å². The molecule has 4 heteroatoms. The van der Waals surface area contributed by atoms with Gasteiger partial charge in [-0.2, -0.15) is 0 Å². The van der Waals surface area contributed by atoms with Crippen molar-refractivity contribution in [2.75, 3.05) is 18.6 Å². The number of hydrogen-bond acceptors (Lipinski definition) is 3. The molecule has 0 N–H and O–H groups in total. The number of ether oxygens (including phenoxy) is 1. The quantitative estimate of drug-likeness (QED) is 0.561. The van der Waals surface area contributed by atoms with Crippen LogP contribution in [0.4, 0.5) is 5.69 Å². The number of carbonyl (C=O) groups is 2. The van der Waals surface area contributed by atoms with Crippen molar-refractivity contribution in [2.24, 2.45) is 5.92 Å². The van der Waals surface area contributed by atoms with Gasteiger partial charge in [-0.15, -0.1) is 0 Å². The molecule has 30 heavy (non-hydrogen) atoms. The first kappa shape index (κ1) is 19.9. The second-order valence-corrected chi connectivity index (χ2v) is 7.62. The Bertz CT molecular complexity index is 989. The molecule has 1 aliphatic heterocycles. The van der Waals surface area contributed by atoms with E-state index in [1.54, 1.807) is 11.9 Å². The lowest BCUT2D eigenvalue weighted by Gasteiger charge is -2.33. The molecule has 0 aromatic heterocycles. The van der Waals surface area contributed by atoms with Gasteiger partial charge in [0.15, 0.2) is 0 Å². The molecule has 3 aromatic rings. The van der Waals surface area contributed by atoms with Crippen LogP contribution < -0.4 is 4.90 Å². The molecule has 4 rings (SSSR count). The third-order valence-electron chi connectivity index (χ3n) is 5.85. The maximum Gasteiger partial charge on any atom is 0.309 e. The molecule has 0 spiro atoms. The number of para-hydroxylation sites is 1. The van der Waals surface area contributed by atoms with Crippen LogP contribution >= 0.6 is 0 Å². The molecule has 0 aliphatic carbocycles. The molecule has 1 amide bonds. The van der Waals surface area contributed by atoms with E-state index in [2.05, 4.69) is 0 Å². The van der Waals surface area contributed by atoms with Crippen LogP contribution in [0.2, 0.25) is 0 Å². The van der Waals surface area contributed by atoms with E-state index in [-0.39, 0.29) is 23.7 Å². The molecule has 1 fully saturated rings. The monoisotopic (exact) mass is 399 g/mol. The van der Waals surface area contributed by atoms with E-state index < -0.39 is 5.92 Å². The Balaban J connectivity index is 1.82. The molecule has 1 heterocycles. The first-order valence-electron chi connectivity index (χ1n) is 10.3. The van der Waals surface area contributed by atoms with Crippen LogP contribution in [0.5, 0.6) is 0 Å². The average Bonchev–Trinajstić information content (AvgIpc) is 3.23. The summed E-state index contributed by atoms with van der Waals surface area (Å²) in [6.07, 6.45) is 0.615. The average molecular weight is 399 g/mol. The zero-order chi connectivity index (χ0) is 20.9. The van der Waals surface area contributed by atoms with Gasteiger partial charge < -0.3 is 9.64 Å². The summed E-state index contributed by atoms with van der Waals surface area (Å²) in [5, 5.41) is 0. The van der Waals surface area contributed by atoms with E-state index in [9.17, 15) is 9.59 Å². The summed E-state index contributed by atoms with van der Waals surface area (Å²) in [5.41, 5.74) is 2.70. The van der Waals surface area contributed by atoms with Crippen LogP contribution in [-0.2, 0) is 14.3 Å². The lowest BCUT2D eigenvalue weighted by Crippen LogP contribution is -2.37. The highest BCUT2D eigenvalue weighted by Gasteiger charge is 2.43. The van der Waals surface area contributed by atoms with E-state index in [0.29, 0.717) is 13.0 Å². The van der Waals surface area contributed by atoms with Crippen molar-refractivity contribution >= 4 is 17.6 Å². The summed E-state index contributed by atoms with van der Waals surface area (Å²) >= 11 is 0. The topological polar surface area (TPSA) is 46.6 Å². The minimum Gasteiger partial charge on any atom is -0.465 e. The zero-order valence-electron chi connectivity index (χ0n) is 17.0. The number of hydrogen-bond donors (Lipinski definition) is 0. The lowest BCUT2D eigenvalue weighted by atomic mass is 9.72. The van der Waals surface area contributed by atoms with Crippen molar-refractivity contribution in [3.8, 4) is 0 Å². The van der Waals surface area contributed by atoms with Gasteiger partial charge in [-0.25, -0.2) is 0 Å². The number of carbonyl (C=O) groups excluding carboxylic acids is 2. The van der Waals surface area contributed by atoms with Crippen molar-refractivity contribution in [3.05, 3.63) is 102 Å². The van der Waals surface area contributed by atoms with Crippen LogP contribution in [0.3, 0.4) is 0 Å². The number of nitrogens with zero attached hydrogens (tertiary/aromatic N) is 1. The predicted molar refractivity (Wildman–Crippen MR) is 117 cm³/mol. The van der Waals surface area contributed by atoms with Gasteiger partial charge in [-0.05, 0) is 29.7 Å². The number of likely N-dealkylation sites (N-methyl/N-ethyl adjacent to an activating group) is 1. The molecule has 152 valence electrons. The molecule has 0 radical (unpaired) electrons.